The van der Waals surface area contributed by atoms with Crippen LogP contribution in [0.5, 0.6) is 0 Å². The molecule has 0 bridgehead atoms. The lowest BCUT2D eigenvalue weighted by atomic mass is 9.75. The number of Topliss-reactive ketones (excluding diaryl/α,β-unsaturated/α-hetero) is 1. The first-order chi connectivity index (χ1) is 6.49. The van der Waals surface area contributed by atoms with Crippen LogP contribution in [-0.2, 0) is 4.79 Å². The maximum absolute atomic E-state index is 12.0. The molecule has 0 atom stereocenters. The number of hydrogen-bond donors (Lipinski definition) is 0. The molecule has 0 spiro atoms. The third-order valence-corrected chi connectivity index (χ3v) is 2.79. The molecule has 1 nitrogen and oxygen atoms in total. The first-order valence-electron chi connectivity index (χ1n) is 5.04. The van der Waals surface area contributed by atoms with Gasteiger partial charge >= 0.3 is 0 Å². The lowest BCUT2D eigenvalue weighted by Crippen LogP contribution is -2.23. The maximum atomic E-state index is 12.0. The lowest BCUT2D eigenvalue weighted by molar-refractivity contribution is -0.113. The summed E-state index contributed by atoms with van der Waals surface area (Å²) in [6.45, 7) is 8.00. The van der Waals surface area contributed by atoms with Gasteiger partial charge in [-0.05, 0) is 31.3 Å². The molecule has 0 aromatic carbocycles. The standard InChI is InChI=1S/C13H18O/c1-5-10(2)12(14)11-8-6-7-9-13(11,3)4/h5-8H,9H2,1-4H3. The fourth-order valence-electron chi connectivity index (χ4n) is 1.59. The molecule has 0 radical (unpaired) electrons. The van der Waals surface area contributed by atoms with Crippen LogP contribution in [-0.4, -0.2) is 5.78 Å². The molecule has 0 aromatic heterocycles. The Hall–Kier alpha value is -1.11. The summed E-state index contributed by atoms with van der Waals surface area (Å²) < 4.78 is 0. The third-order valence-electron chi connectivity index (χ3n) is 2.79. The lowest BCUT2D eigenvalue weighted by Gasteiger charge is -2.28. The van der Waals surface area contributed by atoms with Gasteiger partial charge in [0, 0.05) is 5.57 Å². The summed E-state index contributed by atoms with van der Waals surface area (Å²) in [6.07, 6.45) is 8.85. The van der Waals surface area contributed by atoms with E-state index in [9.17, 15) is 4.79 Å². The molecule has 0 saturated carbocycles. The predicted octanol–water partition coefficient (Wildman–Crippen LogP) is 3.43. The fraction of sp³-hybridized carbons (Fsp3) is 0.462. The van der Waals surface area contributed by atoms with Crippen molar-refractivity contribution in [2.45, 2.75) is 34.1 Å². The van der Waals surface area contributed by atoms with Crippen LogP contribution < -0.4 is 0 Å². The van der Waals surface area contributed by atoms with Crippen molar-refractivity contribution in [1.29, 1.82) is 0 Å². The van der Waals surface area contributed by atoms with Crippen molar-refractivity contribution in [1.82, 2.24) is 0 Å². The molecule has 1 aliphatic rings. The minimum absolute atomic E-state index is 0.0178. The summed E-state index contributed by atoms with van der Waals surface area (Å²) in [5.74, 6) is 0.182. The van der Waals surface area contributed by atoms with Crippen LogP contribution in [0, 0.1) is 5.41 Å². The Morgan fingerprint density at radius 2 is 2.14 bits per heavy atom. The molecule has 0 heterocycles. The normalized spacial score (nSPS) is 20.6. The van der Waals surface area contributed by atoms with Gasteiger partial charge in [-0.15, -0.1) is 0 Å². The number of allylic oxidation sites excluding steroid dienone is 6. The van der Waals surface area contributed by atoms with Crippen molar-refractivity contribution >= 4 is 5.78 Å². The van der Waals surface area contributed by atoms with Gasteiger partial charge in [-0.3, -0.25) is 4.79 Å². The van der Waals surface area contributed by atoms with E-state index in [4.69, 9.17) is 0 Å². The Morgan fingerprint density at radius 1 is 1.50 bits per heavy atom. The van der Waals surface area contributed by atoms with E-state index in [0.29, 0.717) is 0 Å². The number of ketones is 1. The van der Waals surface area contributed by atoms with Gasteiger partial charge in [-0.1, -0.05) is 38.2 Å². The minimum Gasteiger partial charge on any atom is -0.289 e. The molecular formula is C13H18O. The van der Waals surface area contributed by atoms with Crippen molar-refractivity contribution in [3.05, 3.63) is 35.5 Å². The Labute approximate surface area is 86.2 Å². The molecule has 0 fully saturated rings. The highest BCUT2D eigenvalue weighted by Crippen LogP contribution is 2.35. The van der Waals surface area contributed by atoms with Crippen LogP contribution in [0.4, 0.5) is 0 Å². The Kier molecular flexibility index (Phi) is 3.10. The van der Waals surface area contributed by atoms with E-state index >= 15 is 0 Å². The fourth-order valence-corrected chi connectivity index (χ4v) is 1.59. The van der Waals surface area contributed by atoms with Gasteiger partial charge < -0.3 is 0 Å². The Bertz CT molecular complexity index is 327. The Morgan fingerprint density at radius 3 is 2.64 bits per heavy atom. The molecule has 1 aliphatic carbocycles. The van der Waals surface area contributed by atoms with Crippen LogP contribution in [0.15, 0.2) is 35.5 Å². The molecule has 0 amide bonds. The zero-order valence-electron chi connectivity index (χ0n) is 9.42. The first kappa shape index (κ1) is 11.0. The molecule has 0 saturated heterocycles. The van der Waals surface area contributed by atoms with Gasteiger partial charge in [0.1, 0.15) is 0 Å². The largest absolute Gasteiger partial charge is 0.289 e. The summed E-state index contributed by atoms with van der Waals surface area (Å²) >= 11 is 0. The molecule has 0 aromatic rings. The van der Waals surface area contributed by atoms with Crippen molar-refractivity contribution in [2.24, 2.45) is 5.41 Å². The second kappa shape index (κ2) is 3.95. The summed E-state index contributed by atoms with van der Waals surface area (Å²) in [6, 6.07) is 0. The molecule has 1 rings (SSSR count). The highest BCUT2D eigenvalue weighted by Gasteiger charge is 2.28. The van der Waals surface area contributed by atoms with Crippen molar-refractivity contribution in [3.63, 3.8) is 0 Å². The average molecular weight is 190 g/mol. The minimum atomic E-state index is -0.0178. The van der Waals surface area contributed by atoms with Crippen LogP contribution in [0.1, 0.15) is 34.1 Å². The van der Waals surface area contributed by atoms with Crippen LogP contribution in [0.25, 0.3) is 0 Å². The van der Waals surface area contributed by atoms with Crippen LogP contribution in [0.3, 0.4) is 0 Å². The molecule has 0 N–H and O–H groups in total. The average Bonchev–Trinajstić information content (AvgIpc) is 2.15. The maximum Gasteiger partial charge on any atom is 0.184 e. The number of rotatable bonds is 2. The summed E-state index contributed by atoms with van der Waals surface area (Å²) in [7, 11) is 0. The highest BCUT2D eigenvalue weighted by atomic mass is 16.1. The molecule has 76 valence electrons. The van der Waals surface area contributed by atoms with E-state index in [2.05, 4.69) is 19.9 Å². The monoisotopic (exact) mass is 190 g/mol. The van der Waals surface area contributed by atoms with E-state index in [-0.39, 0.29) is 11.2 Å². The summed E-state index contributed by atoms with van der Waals surface area (Å²) in [4.78, 5) is 12.0. The zero-order valence-corrected chi connectivity index (χ0v) is 9.42. The van der Waals surface area contributed by atoms with Crippen LogP contribution in [0.2, 0.25) is 0 Å². The van der Waals surface area contributed by atoms with E-state index in [0.717, 1.165) is 17.6 Å². The number of hydrogen-bond acceptors (Lipinski definition) is 1. The quantitative estimate of drug-likeness (QED) is 0.610. The van der Waals surface area contributed by atoms with Gasteiger partial charge in [0.05, 0.1) is 0 Å². The molecule has 14 heavy (non-hydrogen) atoms. The van der Waals surface area contributed by atoms with Crippen molar-refractivity contribution < 1.29 is 4.79 Å². The molecule has 1 heteroatoms. The predicted molar refractivity (Wildman–Crippen MR) is 60.1 cm³/mol. The van der Waals surface area contributed by atoms with Crippen LogP contribution >= 0.6 is 0 Å². The molecule has 0 aliphatic heterocycles. The van der Waals surface area contributed by atoms with Gasteiger partial charge in [-0.2, -0.15) is 0 Å². The van der Waals surface area contributed by atoms with Gasteiger partial charge in [0.25, 0.3) is 0 Å². The van der Waals surface area contributed by atoms with Crippen molar-refractivity contribution in [3.8, 4) is 0 Å². The second-order valence-corrected chi connectivity index (χ2v) is 4.40. The van der Waals surface area contributed by atoms with E-state index < -0.39 is 0 Å². The zero-order chi connectivity index (χ0) is 10.8. The molecule has 0 unspecified atom stereocenters. The van der Waals surface area contributed by atoms with Crippen molar-refractivity contribution in [2.75, 3.05) is 0 Å². The van der Waals surface area contributed by atoms with E-state index in [1.807, 2.05) is 32.1 Å². The smallest absolute Gasteiger partial charge is 0.184 e. The summed E-state index contributed by atoms with van der Waals surface area (Å²) in [5, 5.41) is 0. The highest BCUT2D eigenvalue weighted by molar-refractivity contribution is 6.08. The van der Waals surface area contributed by atoms with E-state index in [1.165, 1.54) is 0 Å². The SMILES string of the molecule is CC=C(C)C(=O)C1=CC=CCC1(C)C. The van der Waals surface area contributed by atoms with Gasteiger partial charge in [-0.25, -0.2) is 0 Å². The van der Waals surface area contributed by atoms with E-state index in [1.54, 1.807) is 0 Å². The topological polar surface area (TPSA) is 17.1 Å². The summed E-state index contributed by atoms with van der Waals surface area (Å²) in [5.41, 5.74) is 1.74. The number of carbonyl (C=O) groups is 1. The second-order valence-electron chi connectivity index (χ2n) is 4.40. The third kappa shape index (κ3) is 2.03. The first-order valence-corrected chi connectivity index (χ1v) is 5.04. The Balaban J connectivity index is 3.02. The van der Waals surface area contributed by atoms with Gasteiger partial charge in [0.15, 0.2) is 5.78 Å². The van der Waals surface area contributed by atoms with Gasteiger partial charge in [0.2, 0.25) is 0 Å². The molecular weight excluding hydrogens is 172 g/mol. The number of carbonyl (C=O) groups excluding carboxylic acids is 1.